The maximum atomic E-state index is 12.4. The van der Waals surface area contributed by atoms with E-state index in [2.05, 4.69) is 29.4 Å². The number of anilines is 1. The molecule has 0 aliphatic heterocycles. The van der Waals surface area contributed by atoms with E-state index in [4.69, 9.17) is 11.6 Å². The summed E-state index contributed by atoms with van der Waals surface area (Å²) in [4.78, 5) is 14.3. The van der Waals surface area contributed by atoms with Crippen molar-refractivity contribution in [2.45, 2.75) is 33.2 Å². The summed E-state index contributed by atoms with van der Waals surface area (Å²) in [5.74, 6) is 0.549. The Kier molecular flexibility index (Phi) is 7.00. The number of aromatic nitrogens is 2. The summed E-state index contributed by atoms with van der Waals surface area (Å²) < 4.78 is 0. The second-order valence-corrected chi connectivity index (χ2v) is 5.95. The number of halogens is 1. The van der Waals surface area contributed by atoms with Gasteiger partial charge in [0.25, 0.3) is 5.91 Å². The first-order valence-corrected chi connectivity index (χ1v) is 8.63. The van der Waals surface area contributed by atoms with E-state index in [1.165, 1.54) is 0 Å². The van der Waals surface area contributed by atoms with Gasteiger partial charge in [-0.3, -0.25) is 4.79 Å². The fourth-order valence-electron chi connectivity index (χ4n) is 2.38. The normalized spacial score (nSPS) is 10.5. The van der Waals surface area contributed by atoms with Gasteiger partial charge in [-0.05, 0) is 36.6 Å². The van der Waals surface area contributed by atoms with Gasteiger partial charge >= 0.3 is 0 Å². The lowest BCUT2D eigenvalue weighted by atomic mass is 10.2. The Morgan fingerprint density at radius 1 is 1.08 bits per heavy atom. The van der Waals surface area contributed by atoms with Crippen molar-refractivity contribution in [3.05, 3.63) is 52.7 Å². The highest BCUT2D eigenvalue weighted by atomic mass is 35.5. The van der Waals surface area contributed by atoms with Gasteiger partial charge in [0.2, 0.25) is 0 Å². The van der Waals surface area contributed by atoms with E-state index < -0.39 is 0 Å². The van der Waals surface area contributed by atoms with Crippen LogP contribution in [0.5, 0.6) is 0 Å². The average Bonchev–Trinajstić information content (AvgIpc) is 2.61. The lowest BCUT2D eigenvalue weighted by Gasteiger charge is -2.20. The number of hydrogen-bond acceptors (Lipinski definition) is 4. The van der Waals surface area contributed by atoms with Crippen LogP contribution in [0.4, 0.5) is 5.82 Å². The van der Waals surface area contributed by atoms with Gasteiger partial charge in [-0.15, -0.1) is 10.2 Å². The molecule has 128 valence electrons. The zero-order chi connectivity index (χ0) is 17.4. The van der Waals surface area contributed by atoms with Crippen molar-refractivity contribution < 1.29 is 4.79 Å². The van der Waals surface area contributed by atoms with Crippen molar-refractivity contribution in [3.8, 4) is 0 Å². The van der Waals surface area contributed by atoms with E-state index in [1.54, 1.807) is 12.1 Å². The highest BCUT2D eigenvalue weighted by molar-refractivity contribution is 6.31. The van der Waals surface area contributed by atoms with Gasteiger partial charge < -0.3 is 10.2 Å². The summed E-state index contributed by atoms with van der Waals surface area (Å²) in [5.41, 5.74) is 1.36. The Bertz CT molecular complexity index is 654. The first kappa shape index (κ1) is 18.2. The molecule has 0 spiro atoms. The Morgan fingerprint density at radius 3 is 2.38 bits per heavy atom. The number of amides is 1. The number of rotatable bonds is 8. The van der Waals surface area contributed by atoms with Crippen LogP contribution >= 0.6 is 11.6 Å². The van der Waals surface area contributed by atoms with Crippen molar-refractivity contribution >= 4 is 23.3 Å². The molecule has 0 aliphatic rings. The lowest BCUT2D eigenvalue weighted by Crippen LogP contribution is -2.33. The van der Waals surface area contributed by atoms with Crippen LogP contribution in [0.1, 0.15) is 42.7 Å². The highest BCUT2D eigenvalue weighted by Gasteiger charge is 2.16. The Balaban J connectivity index is 1.99. The molecule has 0 aliphatic carbocycles. The van der Waals surface area contributed by atoms with Gasteiger partial charge in [-0.1, -0.05) is 43.6 Å². The number of carbonyl (C=O) groups is 1. The number of nitrogens with one attached hydrogen (secondary N) is 1. The topological polar surface area (TPSA) is 58.1 Å². The SMILES string of the molecule is CCCN(CCC)C(=O)c1ccc(NCc2ccccc2Cl)nn1. The predicted octanol–water partition coefficient (Wildman–Crippen LogP) is 4.00. The first-order valence-electron chi connectivity index (χ1n) is 8.26. The quantitative estimate of drug-likeness (QED) is 0.784. The smallest absolute Gasteiger partial charge is 0.274 e. The molecule has 2 aromatic rings. The van der Waals surface area contributed by atoms with E-state index >= 15 is 0 Å². The number of nitrogens with zero attached hydrogens (tertiary/aromatic N) is 3. The van der Waals surface area contributed by atoms with Crippen LogP contribution in [0.3, 0.4) is 0 Å². The van der Waals surface area contributed by atoms with Crippen LogP contribution in [0.15, 0.2) is 36.4 Å². The van der Waals surface area contributed by atoms with Crippen molar-refractivity contribution in [3.63, 3.8) is 0 Å². The van der Waals surface area contributed by atoms with Crippen LogP contribution in [0.2, 0.25) is 5.02 Å². The molecule has 2 rings (SSSR count). The minimum absolute atomic E-state index is 0.0659. The third-order valence-electron chi connectivity index (χ3n) is 3.58. The molecular formula is C18H23ClN4O. The zero-order valence-corrected chi connectivity index (χ0v) is 14.9. The molecule has 1 aromatic carbocycles. The number of benzene rings is 1. The van der Waals surface area contributed by atoms with Crippen LogP contribution in [0, 0.1) is 0 Å². The Hall–Kier alpha value is -2.14. The van der Waals surface area contributed by atoms with E-state index in [1.807, 2.05) is 29.2 Å². The molecule has 1 N–H and O–H groups in total. The van der Waals surface area contributed by atoms with Gasteiger partial charge in [0.15, 0.2) is 5.69 Å². The average molecular weight is 347 g/mol. The molecule has 24 heavy (non-hydrogen) atoms. The van der Waals surface area contributed by atoms with Crippen molar-refractivity contribution in [1.29, 1.82) is 0 Å². The van der Waals surface area contributed by atoms with E-state index in [9.17, 15) is 4.79 Å². The van der Waals surface area contributed by atoms with E-state index in [0.29, 0.717) is 23.1 Å². The molecule has 1 amide bonds. The van der Waals surface area contributed by atoms with Crippen molar-refractivity contribution in [1.82, 2.24) is 15.1 Å². The molecule has 0 bridgehead atoms. The lowest BCUT2D eigenvalue weighted by molar-refractivity contribution is 0.0748. The summed E-state index contributed by atoms with van der Waals surface area (Å²) >= 11 is 6.13. The molecular weight excluding hydrogens is 324 g/mol. The van der Waals surface area contributed by atoms with Gasteiger partial charge in [0.1, 0.15) is 5.82 Å². The summed E-state index contributed by atoms with van der Waals surface area (Å²) in [7, 11) is 0. The predicted molar refractivity (Wildman–Crippen MR) is 97.3 cm³/mol. The number of hydrogen-bond donors (Lipinski definition) is 1. The van der Waals surface area contributed by atoms with Crippen LogP contribution < -0.4 is 5.32 Å². The Morgan fingerprint density at radius 2 is 1.79 bits per heavy atom. The molecule has 6 heteroatoms. The molecule has 0 unspecified atom stereocenters. The zero-order valence-electron chi connectivity index (χ0n) is 14.1. The second kappa shape index (κ2) is 9.23. The van der Waals surface area contributed by atoms with Crippen LogP contribution in [-0.2, 0) is 6.54 Å². The van der Waals surface area contributed by atoms with Gasteiger partial charge in [-0.25, -0.2) is 0 Å². The van der Waals surface area contributed by atoms with Crippen molar-refractivity contribution in [2.24, 2.45) is 0 Å². The molecule has 5 nitrogen and oxygen atoms in total. The van der Waals surface area contributed by atoms with Crippen LogP contribution in [-0.4, -0.2) is 34.1 Å². The highest BCUT2D eigenvalue weighted by Crippen LogP contribution is 2.16. The fraction of sp³-hybridized carbons (Fsp3) is 0.389. The summed E-state index contributed by atoms with van der Waals surface area (Å²) in [6, 6.07) is 11.1. The van der Waals surface area contributed by atoms with E-state index in [0.717, 1.165) is 31.5 Å². The number of carbonyl (C=O) groups excluding carboxylic acids is 1. The molecule has 0 atom stereocenters. The third-order valence-corrected chi connectivity index (χ3v) is 3.94. The molecule has 0 saturated heterocycles. The minimum atomic E-state index is -0.0659. The van der Waals surface area contributed by atoms with Crippen LogP contribution in [0.25, 0.3) is 0 Å². The summed E-state index contributed by atoms with van der Waals surface area (Å²) in [6.07, 6.45) is 1.85. The minimum Gasteiger partial charge on any atom is -0.364 e. The molecule has 0 fully saturated rings. The Labute approximate surface area is 148 Å². The van der Waals surface area contributed by atoms with Gasteiger partial charge in [0.05, 0.1) is 0 Å². The molecule has 1 heterocycles. The molecule has 0 radical (unpaired) electrons. The second-order valence-electron chi connectivity index (χ2n) is 5.54. The fourth-order valence-corrected chi connectivity index (χ4v) is 2.59. The van der Waals surface area contributed by atoms with Crippen molar-refractivity contribution in [2.75, 3.05) is 18.4 Å². The molecule has 0 saturated carbocycles. The van der Waals surface area contributed by atoms with E-state index in [-0.39, 0.29) is 5.91 Å². The maximum Gasteiger partial charge on any atom is 0.274 e. The molecule has 1 aromatic heterocycles. The summed E-state index contributed by atoms with van der Waals surface area (Å²) in [6.45, 7) is 6.15. The maximum absolute atomic E-state index is 12.4. The third kappa shape index (κ3) is 4.93. The standard InChI is InChI=1S/C18H23ClN4O/c1-3-11-23(12-4-2)18(24)16-9-10-17(22-21-16)20-13-14-7-5-6-8-15(14)19/h5-10H,3-4,11-13H2,1-2H3,(H,20,22). The first-order chi connectivity index (χ1) is 11.7. The monoisotopic (exact) mass is 346 g/mol. The van der Waals surface area contributed by atoms with Gasteiger partial charge in [0, 0.05) is 24.7 Å². The van der Waals surface area contributed by atoms with Gasteiger partial charge in [-0.2, -0.15) is 0 Å². The summed E-state index contributed by atoms with van der Waals surface area (Å²) in [5, 5.41) is 12.0. The largest absolute Gasteiger partial charge is 0.364 e.